The molecule has 2 rings (SSSR count). The summed E-state index contributed by atoms with van der Waals surface area (Å²) < 4.78 is 0. The van der Waals surface area contributed by atoms with Gasteiger partial charge in [-0.15, -0.1) is 23.1 Å². The van der Waals surface area contributed by atoms with Crippen LogP contribution in [0.1, 0.15) is 15.2 Å². The van der Waals surface area contributed by atoms with Crippen molar-refractivity contribution in [2.24, 2.45) is 0 Å². The molecular formula is C15H15NO3S2. The lowest BCUT2D eigenvalue weighted by molar-refractivity contribution is -0.127. The van der Waals surface area contributed by atoms with Gasteiger partial charge in [-0.1, -0.05) is 12.1 Å². The van der Waals surface area contributed by atoms with Crippen molar-refractivity contribution < 1.29 is 14.7 Å². The molecule has 2 aromatic rings. The first-order chi connectivity index (χ1) is 10.1. The Labute approximate surface area is 131 Å². The number of thiophene rings is 1. The number of carboxylic acid groups (broad SMARTS) is 1. The van der Waals surface area contributed by atoms with Crippen LogP contribution in [0.25, 0.3) is 0 Å². The average Bonchev–Trinajstić information content (AvgIpc) is 2.97. The molecule has 0 bridgehead atoms. The van der Waals surface area contributed by atoms with Crippen molar-refractivity contribution in [2.75, 3.05) is 12.8 Å². The summed E-state index contributed by atoms with van der Waals surface area (Å²) in [6.45, 7) is 0.603. The fourth-order valence-electron chi connectivity index (χ4n) is 1.70. The third-order valence-corrected chi connectivity index (χ3v) is 4.68. The summed E-state index contributed by atoms with van der Waals surface area (Å²) in [7, 11) is 1.77. The highest BCUT2D eigenvalue weighted by atomic mass is 32.2. The number of hydrogen-bond donors (Lipinski definition) is 1. The summed E-state index contributed by atoms with van der Waals surface area (Å²) in [6.07, 6.45) is 0. The molecule has 0 radical (unpaired) electrons. The summed E-state index contributed by atoms with van der Waals surface area (Å²) in [5, 5.41) is 10.9. The van der Waals surface area contributed by atoms with Crippen LogP contribution < -0.4 is 0 Å². The predicted molar refractivity (Wildman–Crippen MR) is 84.9 cm³/mol. The van der Waals surface area contributed by atoms with E-state index in [1.807, 2.05) is 23.6 Å². The monoisotopic (exact) mass is 321 g/mol. The Bertz CT molecular complexity index is 626. The molecule has 1 N–H and O–H groups in total. The SMILES string of the molecule is CN(Cc1cccs1)C(=O)CSc1cccc(C(=O)O)c1. The Morgan fingerprint density at radius 2 is 2.10 bits per heavy atom. The molecule has 1 aromatic carbocycles. The van der Waals surface area contributed by atoms with Crippen LogP contribution in [0.4, 0.5) is 0 Å². The second-order valence-electron chi connectivity index (χ2n) is 4.45. The van der Waals surface area contributed by atoms with Crippen LogP contribution in [0, 0.1) is 0 Å². The van der Waals surface area contributed by atoms with E-state index in [9.17, 15) is 9.59 Å². The number of hydrogen-bond acceptors (Lipinski definition) is 4. The van der Waals surface area contributed by atoms with Gasteiger partial charge in [0.05, 0.1) is 17.9 Å². The quantitative estimate of drug-likeness (QED) is 0.830. The first-order valence-corrected chi connectivity index (χ1v) is 8.15. The fraction of sp³-hybridized carbons (Fsp3) is 0.200. The van der Waals surface area contributed by atoms with E-state index in [2.05, 4.69) is 0 Å². The van der Waals surface area contributed by atoms with Gasteiger partial charge in [-0.2, -0.15) is 0 Å². The number of amides is 1. The van der Waals surface area contributed by atoms with Gasteiger partial charge in [0, 0.05) is 16.8 Å². The number of nitrogens with zero attached hydrogens (tertiary/aromatic N) is 1. The lowest BCUT2D eigenvalue weighted by atomic mass is 10.2. The number of rotatable bonds is 6. The number of carboxylic acids is 1. The Kier molecular flexibility index (Phi) is 5.41. The maximum atomic E-state index is 12.1. The molecule has 0 spiro atoms. The van der Waals surface area contributed by atoms with E-state index in [4.69, 9.17) is 5.11 Å². The zero-order chi connectivity index (χ0) is 15.2. The van der Waals surface area contributed by atoms with Crippen molar-refractivity contribution in [3.63, 3.8) is 0 Å². The summed E-state index contributed by atoms with van der Waals surface area (Å²) >= 11 is 2.97. The molecule has 0 aliphatic carbocycles. The standard InChI is InChI=1S/C15H15NO3S2/c1-16(9-13-6-3-7-20-13)14(17)10-21-12-5-2-4-11(8-12)15(18)19/h2-8H,9-10H2,1H3,(H,18,19). The first-order valence-electron chi connectivity index (χ1n) is 6.29. The molecule has 1 amide bonds. The van der Waals surface area contributed by atoms with Gasteiger partial charge < -0.3 is 10.0 Å². The molecule has 110 valence electrons. The largest absolute Gasteiger partial charge is 0.478 e. The molecule has 0 aliphatic rings. The van der Waals surface area contributed by atoms with Crippen molar-refractivity contribution in [3.8, 4) is 0 Å². The third-order valence-electron chi connectivity index (χ3n) is 2.84. The highest BCUT2D eigenvalue weighted by Crippen LogP contribution is 2.20. The molecule has 1 aromatic heterocycles. The zero-order valence-corrected chi connectivity index (χ0v) is 13.1. The highest BCUT2D eigenvalue weighted by Gasteiger charge is 2.11. The topological polar surface area (TPSA) is 57.6 Å². The third kappa shape index (κ3) is 4.61. The number of carbonyl (C=O) groups is 2. The number of benzene rings is 1. The minimum Gasteiger partial charge on any atom is -0.478 e. The summed E-state index contributed by atoms with van der Waals surface area (Å²) in [5.41, 5.74) is 0.236. The van der Waals surface area contributed by atoms with Crippen LogP contribution in [0.5, 0.6) is 0 Å². The van der Waals surface area contributed by atoms with Crippen molar-refractivity contribution in [3.05, 3.63) is 52.2 Å². The minimum absolute atomic E-state index is 0.0223. The highest BCUT2D eigenvalue weighted by molar-refractivity contribution is 8.00. The van der Waals surface area contributed by atoms with Crippen LogP contribution in [0.3, 0.4) is 0 Å². The van der Waals surface area contributed by atoms with Gasteiger partial charge in [0.1, 0.15) is 0 Å². The molecular weight excluding hydrogens is 306 g/mol. The van der Waals surface area contributed by atoms with Crippen LogP contribution in [0.15, 0.2) is 46.7 Å². The lowest BCUT2D eigenvalue weighted by Gasteiger charge is -2.16. The van der Waals surface area contributed by atoms with Crippen molar-refractivity contribution in [1.29, 1.82) is 0 Å². The first kappa shape index (κ1) is 15.6. The Morgan fingerprint density at radius 3 is 2.76 bits per heavy atom. The summed E-state index contributed by atoms with van der Waals surface area (Å²) in [4.78, 5) is 26.6. The van der Waals surface area contributed by atoms with Crippen LogP contribution in [0.2, 0.25) is 0 Å². The van der Waals surface area contributed by atoms with E-state index < -0.39 is 5.97 Å². The number of thioether (sulfide) groups is 1. The van der Waals surface area contributed by atoms with E-state index in [1.54, 1.807) is 35.4 Å². The van der Waals surface area contributed by atoms with Crippen molar-refractivity contribution >= 4 is 35.0 Å². The smallest absolute Gasteiger partial charge is 0.335 e. The van der Waals surface area contributed by atoms with E-state index >= 15 is 0 Å². The molecule has 6 heteroatoms. The second-order valence-corrected chi connectivity index (χ2v) is 6.53. The molecule has 0 saturated carbocycles. The normalized spacial score (nSPS) is 10.3. The zero-order valence-electron chi connectivity index (χ0n) is 11.5. The lowest BCUT2D eigenvalue weighted by Crippen LogP contribution is -2.27. The maximum Gasteiger partial charge on any atom is 0.335 e. The molecule has 1 heterocycles. The van der Waals surface area contributed by atoms with Gasteiger partial charge in [-0.3, -0.25) is 4.79 Å². The van der Waals surface area contributed by atoms with Crippen molar-refractivity contribution in [2.45, 2.75) is 11.4 Å². The Balaban J connectivity index is 1.88. The van der Waals surface area contributed by atoms with E-state index in [-0.39, 0.29) is 11.5 Å². The van der Waals surface area contributed by atoms with Crippen molar-refractivity contribution in [1.82, 2.24) is 4.90 Å². The van der Waals surface area contributed by atoms with Gasteiger partial charge >= 0.3 is 5.97 Å². The number of aromatic carboxylic acids is 1. The van der Waals surface area contributed by atoms with Gasteiger partial charge in [-0.25, -0.2) is 4.79 Å². The van der Waals surface area contributed by atoms with Gasteiger partial charge in [0.2, 0.25) is 5.91 Å². The van der Waals surface area contributed by atoms with Crippen LogP contribution >= 0.6 is 23.1 Å². The second kappa shape index (κ2) is 7.28. The Morgan fingerprint density at radius 1 is 1.29 bits per heavy atom. The molecule has 4 nitrogen and oxygen atoms in total. The molecule has 0 fully saturated rings. The van der Waals surface area contributed by atoms with Gasteiger partial charge in [-0.05, 0) is 29.6 Å². The average molecular weight is 321 g/mol. The maximum absolute atomic E-state index is 12.1. The van der Waals surface area contributed by atoms with Crippen LogP contribution in [-0.2, 0) is 11.3 Å². The van der Waals surface area contributed by atoms with E-state index in [0.29, 0.717) is 12.3 Å². The van der Waals surface area contributed by atoms with Gasteiger partial charge in [0.15, 0.2) is 0 Å². The summed E-state index contributed by atoms with van der Waals surface area (Å²) in [5.74, 6) is -0.641. The molecule has 0 atom stereocenters. The molecule has 0 unspecified atom stereocenters. The summed E-state index contributed by atoms with van der Waals surface area (Å²) in [6, 6.07) is 10.6. The Hall–Kier alpha value is -1.79. The van der Waals surface area contributed by atoms with E-state index in [0.717, 1.165) is 9.77 Å². The predicted octanol–water partition coefficient (Wildman–Crippen LogP) is 3.20. The minimum atomic E-state index is -0.960. The molecule has 0 aliphatic heterocycles. The molecule has 0 saturated heterocycles. The molecule has 21 heavy (non-hydrogen) atoms. The number of carbonyl (C=O) groups excluding carboxylic acids is 1. The van der Waals surface area contributed by atoms with Gasteiger partial charge in [0.25, 0.3) is 0 Å². The fourth-order valence-corrected chi connectivity index (χ4v) is 3.35. The van der Waals surface area contributed by atoms with Crippen LogP contribution in [-0.4, -0.2) is 34.7 Å². The van der Waals surface area contributed by atoms with E-state index in [1.165, 1.54) is 17.8 Å².